The summed E-state index contributed by atoms with van der Waals surface area (Å²) in [5.41, 5.74) is 5.43. The molecule has 1 aliphatic heterocycles. The van der Waals surface area contributed by atoms with Crippen LogP contribution < -0.4 is 14.9 Å². The van der Waals surface area contributed by atoms with Crippen molar-refractivity contribution in [2.75, 3.05) is 19.1 Å². The molecule has 10 heteroatoms. The predicted molar refractivity (Wildman–Crippen MR) is 221 cm³/mol. The van der Waals surface area contributed by atoms with E-state index in [1.165, 1.54) is 26.4 Å². The molecule has 1 aliphatic rings. The standard InChI is InChI=1S/C45H51FNO6PSi/c1-45(2,3)55(6,7)53-41(34-18-23-36(46)24-19-34)29-28-40-43(47(44(40)48)37-16-12-9-13-17-37)39-27-22-35(30-42(39)52-31-32-14-10-8-11-15-32)33-20-25-38(26-21-33)54(49,50-4)51-5/h8-27,30,40-41,43H,28-29,31H2,1-7H3/t40-,41+,43-/m1/s1. The zero-order valence-corrected chi connectivity index (χ0v) is 34.6. The minimum Gasteiger partial charge on any atom is -0.489 e. The summed E-state index contributed by atoms with van der Waals surface area (Å²) in [5, 5.41) is 0.425. The van der Waals surface area contributed by atoms with Crippen LogP contribution in [0.2, 0.25) is 18.1 Å². The maximum absolute atomic E-state index is 14.3. The van der Waals surface area contributed by atoms with Gasteiger partial charge in [0.05, 0.1) is 23.4 Å². The molecule has 0 aromatic heterocycles. The molecule has 0 aliphatic carbocycles. The van der Waals surface area contributed by atoms with E-state index in [4.69, 9.17) is 18.2 Å². The average Bonchev–Trinajstić information content (AvgIpc) is 3.19. The number of nitrogens with zero attached hydrogens (tertiary/aromatic N) is 1. The number of ether oxygens (including phenoxy) is 1. The molecule has 288 valence electrons. The summed E-state index contributed by atoms with van der Waals surface area (Å²) in [6.07, 6.45) is 0.848. The van der Waals surface area contributed by atoms with Gasteiger partial charge in [-0.25, -0.2) is 4.39 Å². The second-order valence-corrected chi connectivity index (χ2v) is 22.5. The van der Waals surface area contributed by atoms with Gasteiger partial charge in [0.2, 0.25) is 5.91 Å². The highest BCUT2D eigenvalue weighted by molar-refractivity contribution is 7.62. The van der Waals surface area contributed by atoms with Gasteiger partial charge in [0.15, 0.2) is 8.32 Å². The van der Waals surface area contributed by atoms with Crippen molar-refractivity contribution in [3.8, 4) is 16.9 Å². The van der Waals surface area contributed by atoms with E-state index >= 15 is 0 Å². The van der Waals surface area contributed by atoms with Crippen LogP contribution in [-0.2, 0) is 29.4 Å². The lowest BCUT2D eigenvalue weighted by Crippen LogP contribution is -2.55. The Bertz CT molecular complexity index is 2100. The molecule has 1 saturated heterocycles. The Balaban J connectivity index is 1.38. The molecule has 0 spiro atoms. The molecule has 3 atom stereocenters. The van der Waals surface area contributed by atoms with Crippen LogP contribution in [0.15, 0.2) is 127 Å². The molecule has 5 aromatic carbocycles. The second-order valence-electron chi connectivity index (χ2n) is 15.5. The van der Waals surface area contributed by atoms with Gasteiger partial charge >= 0.3 is 7.60 Å². The van der Waals surface area contributed by atoms with Crippen LogP contribution in [-0.4, -0.2) is 28.4 Å². The minimum absolute atomic E-state index is 0.0372. The van der Waals surface area contributed by atoms with Crippen LogP contribution in [0, 0.1) is 11.7 Å². The van der Waals surface area contributed by atoms with Gasteiger partial charge in [0, 0.05) is 25.5 Å². The fourth-order valence-electron chi connectivity index (χ4n) is 6.84. The van der Waals surface area contributed by atoms with Crippen molar-refractivity contribution < 1.29 is 32.0 Å². The lowest BCUT2D eigenvalue weighted by Gasteiger charge is -2.48. The Morgan fingerprint density at radius 1 is 0.800 bits per heavy atom. The van der Waals surface area contributed by atoms with Gasteiger partial charge in [-0.15, -0.1) is 0 Å². The highest BCUT2D eigenvalue weighted by atomic mass is 31.2. The summed E-state index contributed by atoms with van der Waals surface area (Å²) >= 11 is 0. The largest absolute Gasteiger partial charge is 0.489 e. The van der Waals surface area contributed by atoms with Crippen molar-refractivity contribution in [3.05, 3.63) is 150 Å². The first-order valence-electron chi connectivity index (χ1n) is 18.7. The summed E-state index contributed by atoms with van der Waals surface area (Å²) in [6, 6.07) is 39.4. The van der Waals surface area contributed by atoms with Crippen molar-refractivity contribution >= 4 is 32.8 Å². The van der Waals surface area contributed by atoms with Gasteiger partial charge in [-0.2, -0.15) is 0 Å². The molecule has 7 nitrogen and oxygen atoms in total. The first kappa shape index (κ1) is 40.3. The number of β-lactam (4-membered cyclic amide) rings is 1. The first-order valence-corrected chi connectivity index (χ1v) is 23.1. The quantitative estimate of drug-likeness (QED) is 0.0598. The Kier molecular flexibility index (Phi) is 12.3. The van der Waals surface area contributed by atoms with Crippen molar-refractivity contribution in [1.82, 2.24) is 0 Å². The third kappa shape index (κ3) is 8.87. The molecule has 0 saturated carbocycles. The Hall–Kier alpha value is -4.37. The molecule has 6 rings (SSSR count). The second kappa shape index (κ2) is 16.8. The lowest BCUT2D eigenvalue weighted by atomic mass is 9.77. The van der Waals surface area contributed by atoms with Crippen molar-refractivity contribution in [2.24, 2.45) is 5.92 Å². The summed E-state index contributed by atoms with van der Waals surface area (Å²) < 4.78 is 51.1. The molecule has 1 fully saturated rings. The molecular formula is C45H51FNO6PSi. The van der Waals surface area contributed by atoms with Crippen molar-refractivity contribution in [3.63, 3.8) is 0 Å². The fraction of sp³-hybridized carbons (Fsp3) is 0.311. The average molecular weight is 780 g/mol. The molecule has 0 radical (unpaired) electrons. The summed E-state index contributed by atoms with van der Waals surface area (Å²) in [7, 11) is -2.91. The minimum atomic E-state index is -3.41. The maximum atomic E-state index is 14.3. The van der Waals surface area contributed by atoms with Crippen LogP contribution in [0.4, 0.5) is 10.1 Å². The zero-order valence-electron chi connectivity index (χ0n) is 32.7. The molecule has 0 bridgehead atoms. The maximum Gasteiger partial charge on any atom is 0.360 e. The monoisotopic (exact) mass is 779 g/mol. The van der Waals surface area contributed by atoms with Crippen molar-refractivity contribution in [1.29, 1.82) is 0 Å². The predicted octanol–water partition coefficient (Wildman–Crippen LogP) is 11.4. The van der Waals surface area contributed by atoms with E-state index in [1.807, 2.05) is 89.8 Å². The smallest absolute Gasteiger partial charge is 0.360 e. The van der Waals surface area contributed by atoms with Gasteiger partial charge in [0.1, 0.15) is 18.2 Å². The van der Waals surface area contributed by atoms with E-state index in [0.29, 0.717) is 30.5 Å². The number of hydrogen-bond donors (Lipinski definition) is 0. The topological polar surface area (TPSA) is 74.3 Å². The van der Waals surface area contributed by atoms with Crippen LogP contribution in [0.25, 0.3) is 11.1 Å². The van der Waals surface area contributed by atoms with Gasteiger partial charge < -0.3 is 23.1 Å². The van der Waals surface area contributed by atoms with Gasteiger partial charge in [-0.1, -0.05) is 106 Å². The normalized spacial score (nSPS) is 16.8. The number of halogens is 1. The van der Waals surface area contributed by atoms with E-state index < -0.39 is 15.9 Å². The lowest BCUT2D eigenvalue weighted by molar-refractivity contribution is -0.131. The Morgan fingerprint density at radius 3 is 2.00 bits per heavy atom. The SMILES string of the molecule is COP(=O)(OC)c1ccc(-c2ccc([C@@H]3[C@@H](CC[C@H](O[Si](C)(C)C(C)(C)C)c4ccc(F)cc4)C(=O)N3c3ccccc3)c(OCc3ccccc3)c2)cc1. The molecular weight excluding hydrogens is 729 g/mol. The van der Waals surface area contributed by atoms with Gasteiger partial charge in [0.25, 0.3) is 0 Å². The van der Waals surface area contributed by atoms with E-state index in [2.05, 4.69) is 39.9 Å². The molecule has 55 heavy (non-hydrogen) atoms. The molecule has 0 N–H and O–H groups in total. The third-order valence-corrected chi connectivity index (χ3v) is 17.4. The number of carbonyl (C=O) groups is 1. The van der Waals surface area contributed by atoms with E-state index in [-0.39, 0.29) is 34.8 Å². The van der Waals surface area contributed by atoms with Crippen LogP contribution in [0.5, 0.6) is 5.75 Å². The zero-order chi connectivity index (χ0) is 39.4. The van der Waals surface area contributed by atoms with Crippen LogP contribution >= 0.6 is 7.60 Å². The molecule has 1 amide bonds. The number of rotatable bonds is 15. The fourth-order valence-corrected chi connectivity index (χ4v) is 9.24. The summed E-state index contributed by atoms with van der Waals surface area (Å²) in [5.74, 6) is 0.0549. The number of benzene rings is 5. The number of para-hydroxylation sites is 1. The summed E-state index contributed by atoms with van der Waals surface area (Å²) in [6.45, 7) is 11.4. The molecule has 5 aromatic rings. The number of hydrogen-bond acceptors (Lipinski definition) is 6. The number of anilines is 1. The number of amides is 1. The van der Waals surface area contributed by atoms with Crippen molar-refractivity contribution in [2.45, 2.75) is 70.5 Å². The highest BCUT2D eigenvalue weighted by Gasteiger charge is 2.50. The molecule has 1 heterocycles. The van der Waals surface area contributed by atoms with Gasteiger partial charge in [-0.3, -0.25) is 9.36 Å². The third-order valence-electron chi connectivity index (χ3n) is 11.0. The van der Waals surface area contributed by atoms with Crippen LogP contribution in [0.3, 0.4) is 0 Å². The number of carbonyl (C=O) groups excluding carboxylic acids is 1. The van der Waals surface area contributed by atoms with Crippen LogP contribution in [0.1, 0.15) is 62.4 Å². The Labute approximate surface area is 326 Å². The van der Waals surface area contributed by atoms with Gasteiger partial charge in [-0.05, 0) is 95.7 Å². The summed E-state index contributed by atoms with van der Waals surface area (Å²) in [4.78, 5) is 16.2. The van der Waals surface area contributed by atoms with E-state index in [0.717, 1.165) is 33.5 Å². The van der Waals surface area contributed by atoms with E-state index in [1.54, 1.807) is 24.3 Å². The first-order chi connectivity index (χ1) is 26.2. The van der Waals surface area contributed by atoms with E-state index in [9.17, 15) is 13.8 Å². The Morgan fingerprint density at radius 2 is 1.40 bits per heavy atom. The highest BCUT2D eigenvalue weighted by Crippen LogP contribution is 2.51. The molecule has 0 unspecified atom stereocenters.